The molecule has 2 amide bonds. The lowest BCUT2D eigenvalue weighted by atomic mass is 10.2. The quantitative estimate of drug-likeness (QED) is 0.703. The van der Waals surface area contributed by atoms with Gasteiger partial charge in [0.2, 0.25) is 11.8 Å². The summed E-state index contributed by atoms with van der Waals surface area (Å²) >= 11 is 15.3. The number of halogens is 3. The third-order valence-electron chi connectivity index (χ3n) is 2.73. The molecule has 0 radical (unpaired) electrons. The van der Waals surface area contributed by atoms with Crippen LogP contribution in [0, 0.1) is 0 Å². The van der Waals surface area contributed by atoms with E-state index >= 15 is 0 Å². The second kappa shape index (κ2) is 8.32. The Kier molecular flexibility index (Phi) is 7.31. The maximum atomic E-state index is 12.3. The van der Waals surface area contributed by atoms with Gasteiger partial charge in [-0.3, -0.25) is 9.59 Å². The SMILES string of the molecule is CC(=O)NC(CCS(C)(=O)=O)C(=O)Nc1c(Cl)cc(Br)cc1Cl. The molecule has 0 fully saturated rings. The fraction of sp³-hybridized carbons (Fsp3) is 0.385. The second-order valence-electron chi connectivity index (χ2n) is 4.91. The molecule has 6 nitrogen and oxygen atoms in total. The molecular formula is C13H15BrCl2N2O4S. The summed E-state index contributed by atoms with van der Waals surface area (Å²) in [7, 11) is -3.27. The lowest BCUT2D eigenvalue weighted by molar-refractivity contribution is -0.125. The van der Waals surface area contributed by atoms with Gasteiger partial charge in [0.15, 0.2) is 0 Å². The molecule has 0 aliphatic heterocycles. The number of anilines is 1. The van der Waals surface area contributed by atoms with E-state index in [-0.39, 0.29) is 27.9 Å². The molecular weight excluding hydrogens is 431 g/mol. The highest BCUT2D eigenvalue weighted by atomic mass is 79.9. The van der Waals surface area contributed by atoms with Crippen molar-refractivity contribution in [1.82, 2.24) is 5.32 Å². The second-order valence-corrected chi connectivity index (χ2v) is 8.90. The Bertz CT molecular complexity index is 702. The third kappa shape index (κ3) is 7.07. The average Bonchev–Trinajstić information content (AvgIpc) is 2.37. The van der Waals surface area contributed by atoms with Crippen molar-refractivity contribution in [1.29, 1.82) is 0 Å². The van der Waals surface area contributed by atoms with Crippen LogP contribution >= 0.6 is 39.1 Å². The van der Waals surface area contributed by atoms with Crippen LogP contribution in [0.1, 0.15) is 13.3 Å². The van der Waals surface area contributed by atoms with Crippen LogP contribution < -0.4 is 10.6 Å². The van der Waals surface area contributed by atoms with E-state index in [1.54, 1.807) is 12.1 Å². The minimum atomic E-state index is -3.27. The van der Waals surface area contributed by atoms with E-state index in [1.807, 2.05) is 0 Å². The molecule has 0 saturated carbocycles. The Morgan fingerprint density at radius 1 is 1.26 bits per heavy atom. The summed E-state index contributed by atoms with van der Waals surface area (Å²) in [4.78, 5) is 23.5. The van der Waals surface area contributed by atoms with Gasteiger partial charge >= 0.3 is 0 Å². The number of hydrogen-bond donors (Lipinski definition) is 2. The monoisotopic (exact) mass is 444 g/mol. The van der Waals surface area contributed by atoms with Crippen LogP contribution in [0.4, 0.5) is 5.69 Å². The molecule has 2 N–H and O–H groups in total. The van der Waals surface area contributed by atoms with Crippen LogP contribution in [0.5, 0.6) is 0 Å². The Hall–Kier alpha value is -0.830. The first kappa shape index (κ1) is 20.2. The van der Waals surface area contributed by atoms with Gasteiger partial charge in [0.05, 0.1) is 21.5 Å². The van der Waals surface area contributed by atoms with E-state index in [0.29, 0.717) is 4.47 Å². The maximum Gasteiger partial charge on any atom is 0.247 e. The largest absolute Gasteiger partial charge is 0.345 e. The number of carbonyl (C=O) groups is 2. The molecule has 1 aromatic carbocycles. The predicted molar refractivity (Wildman–Crippen MR) is 94.7 cm³/mol. The highest BCUT2D eigenvalue weighted by Crippen LogP contribution is 2.33. The summed E-state index contributed by atoms with van der Waals surface area (Å²) in [6, 6.07) is 2.08. The highest BCUT2D eigenvalue weighted by molar-refractivity contribution is 9.10. The fourth-order valence-electron chi connectivity index (χ4n) is 1.72. The van der Waals surface area contributed by atoms with Crippen molar-refractivity contribution in [2.45, 2.75) is 19.4 Å². The van der Waals surface area contributed by atoms with Crippen molar-refractivity contribution in [3.8, 4) is 0 Å². The summed E-state index contributed by atoms with van der Waals surface area (Å²) < 4.78 is 23.2. The van der Waals surface area contributed by atoms with E-state index in [2.05, 4.69) is 26.6 Å². The van der Waals surface area contributed by atoms with Crippen LogP contribution in [0.25, 0.3) is 0 Å². The van der Waals surface area contributed by atoms with Gasteiger partial charge in [0.1, 0.15) is 15.9 Å². The van der Waals surface area contributed by atoms with Crippen molar-refractivity contribution in [3.05, 3.63) is 26.7 Å². The van der Waals surface area contributed by atoms with Crippen LogP contribution in [-0.4, -0.2) is 38.3 Å². The molecule has 1 rings (SSSR count). The summed E-state index contributed by atoms with van der Waals surface area (Å²) in [6.45, 7) is 1.24. The maximum absolute atomic E-state index is 12.3. The topological polar surface area (TPSA) is 92.3 Å². The molecule has 23 heavy (non-hydrogen) atoms. The van der Waals surface area contributed by atoms with Crippen molar-refractivity contribution < 1.29 is 18.0 Å². The summed E-state index contributed by atoms with van der Waals surface area (Å²) in [5.41, 5.74) is 0.191. The zero-order chi connectivity index (χ0) is 17.8. The van der Waals surface area contributed by atoms with E-state index in [9.17, 15) is 18.0 Å². The Morgan fingerprint density at radius 3 is 2.22 bits per heavy atom. The van der Waals surface area contributed by atoms with Gasteiger partial charge < -0.3 is 10.6 Å². The van der Waals surface area contributed by atoms with E-state index < -0.39 is 27.7 Å². The minimum Gasteiger partial charge on any atom is -0.345 e. The summed E-state index contributed by atoms with van der Waals surface area (Å²) in [5, 5.41) is 5.35. The first-order valence-electron chi connectivity index (χ1n) is 6.40. The Balaban J connectivity index is 2.95. The van der Waals surface area contributed by atoms with Crippen molar-refractivity contribution in [2.75, 3.05) is 17.3 Å². The normalized spacial score (nSPS) is 12.6. The molecule has 128 valence electrons. The number of carbonyl (C=O) groups excluding carboxylic acids is 2. The lowest BCUT2D eigenvalue weighted by Gasteiger charge is -2.18. The molecule has 1 aromatic rings. The number of rotatable bonds is 6. The van der Waals surface area contributed by atoms with Gasteiger partial charge in [0, 0.05) is 17.7 Å². The molecule has 1 atom stereocenters. The van der Waals surface area contributed by atoms with Gasteiger partial charge in [-0.25, -0.2) is 8.42 Å². The first-order valence-corrected chi connectivity index (χ1v) is 10.0. The molecule has 0 spiro atoms. The van der Waals surface area contributed by atoms with Crippen LogP contribution in [0.15, 0.2) is 16.6 Å². The standard InChI is InChI=1S/C13H15BrCl2N2O4S/c1-7(19)17-11(3-4-23(2,21)22)13(20)18-12-9(15)5-8(14)6-10(12)16/h5-6,11H,3-4H2,1-2H3,(H,17,19)(H,18,20). The molecule has 10 heteroatoms. The van der Waals surface area contributed by atoms with Crippen LogP contribution in [0.3, 0.4) is 0 Å². The number of hydrogen-bond acceptors (Lipinski definition) is 4. The van der Waals surface area contributed by atoms with Gasteiger partial charge in [-0.2, -0.15) is 0 Å². The van der Waals surface area contributed by atoms with Crippen molar-refractivity contribution >= 4 is 66.5 Å². The van der Waals surface area contributed by atoms with Crippen LogP contribution in [-0.2, 0) is 19.4 Å². The Morgan fingerprint density at radius 2 is 1.78 bits per heavy atom. The zero-order valence-electron chi connectivity index (χ0n) is 12.3. The average molecular weight is 446 g/mol. The minimum absolute atomic E-state index is 0.0595. The highest BCUT2D eigenvalue weighted by Gasteiger charge is 2.23. The van der Waals surface area contributed by atoms with Gasteiger partial charge in [-0.15, -0.1) is 0 Å². The fourth-order valence-corrected chi connectivity index (χ4v) is 3.68. The molecule has 0 bridgehead atoms. The number of amides is 2. The Labute approximate surface area is 153 Å². The van der Waals surface area contributed by atoms with Gasteiger partial charge in [0.25, 0.3) is 0 Å². The number of nitrogens with one attached hydrogen (secondary N) is 2. The third-order valence-corrected chi connectivity index (χ3v) is 4.76. The van der Waals surface area contributed by atoms with Crippen molar-refractivity contribution in [2.24, 2.45) is 0 Å². The van der Waals surface area contributed by atoms with Gasteiger partial charge in [-0.1, -0.05) is 39.1 Å². The molecule has 0 saturated heterocycles. The van der Waals surface area contributed by atoms with Gasteiger partial charge in [-0.05, 0) is 18.6 Å². The smallest absolute Gasteiger partial charge is 0.247 e. The number of sulfone groups is 1. The van der Waals surface area contributed by atoms with E-state index in [0.717, 1.165) is 6.26 Å². The predicted octanol–water partition coefficient (Wildman–Crippen LogP) is 2.63. The van der Waals surface area contributed by atoms with Crippen molar-refractivity contribution in [3.63, 3.8) is 0 Å². The molecule has 0 heterocycles. The van der Waals surface area contributed by atoms with Crippen LogP contribution in [0.2, 0.25) is 10.0 Å². The van der Waals surface area contributed by atoms with E-state index in [4.69, 9.17) is 23.2 Å². The summed E-state index contributed by atoms with van der Waals surface area (Å²) in [6.07, 6.45) is 0.994. The molecule has 0 aliphatic carbocycles. The molecule has 0 aliphatic rings. The molecule has 0 aromatic heterocycles. The number of benzene rings is 1. The zero-order valence-corrected chi connectivity index (χ0v) is 16.2. The molecule has 1 unspecified atom stereocenters. The summed E-state index contributed by atoms with van der Waals surface area (Å²) in [5.74, 6) is -1.30. The van der Waals surface area contributed by atoms with E-state index in [1.165, 1.54) is 6.92 Å². The lowest BCUT2D eigenvalue weighted by Crippen LogP contribution is -2.44. The first-order chi connectivity index (χ1) is 10.5.